The lowest BCUT2D eigenvalue weighted by atomic mass is 9.97. The number of nitrogens with two attached hydrogens (primary N) is 1. The maximum atomic E-state index is 11.1. The van der Waals surface area contributed by atoms with Gasteiger partial charge in [0, 0.05) is 13.1 Å². The molecule has 0 saturated carbocycles. The Morgan fingerprint density at radius 1 is 1.32 bits per heavy atom. The van der Waals surface area contributed by atoms with Gasteiger partial charge in [-0.2, -0.15) is 0 Å². The number of carboxylic acid groups (broad SMARTS) is 1. The fraction of sp³-hybridized carbons (Fsp3) is 0.533. The van der Waals surface area contributed by atoms with Crippen LogP contribution in [-0.4, -0.2) is 35.6 Å². The number of rotatable bonds is 5. The lowest BCUT2D eigenvalue weighted by molar-refractivity contribution is -0.138. The van der Waals surface area contributed by atoms with Gasteiger partial charge < -0.3 is 10.8 Å². The molecule has 1 fully saturated rings. The van der Waals surface area contributed by atoms with Crippen LogP contribution in [0.15, 0.2) is 24.3 Å². The molecule has 19 heavy (non-hydrogen) atoms. The molecule has 1 atom stereocenters. The molecule has 0 spiro atoms. The Bertz CT molecular complexity index is 428. The summed E-state index contributed by atoms with van der Waals surface area (Å²) in [7, 11) is 0. The number of benzene rings is 1. The van der Waals surface area contributed by atoms with Crippen molar-refractivity contribution in [1.29, 1.82) is 0 Å². The highest BCUT2D eigenvalue weighted by Gasteiger charge is 2.18. The summed E-state index contributed by atoms with van der Waals surface area (Å²) < 4.78 is 0. The van der Waals surface area contributed by atoms with Gasteiger partial charge in [-0.1, -0.05) is 30.7 Å². The highest BCUT2D eigenvalue weighted by atomic mass is 16.4. The average molecular weight is 262 g/mol. The van der Waals surface area contributed by atoms with E-state index < -0.39 is 11.9 Å². The Hall–Kier alpha value is -1.39. The van der Waals surface area contributed by atoms with Crippen LogP contribution in [0, 0.1) is 0 Å². The van der Waals surface area contributed by atoms with Crippen LogP contribution in [0.25, 0.3) is 0 Å². The van der Waals surface area contributed by atoms with E-state index in [-0.39, 0.29) is 6.54 Å². The smallest absolute Gasteiger partial charge is 0.312 e. The zero-order valence-corrected chi connectivity index (χ0v) is 11.2. The minimum atomic E-state index is -0.849. The van der Waals surface area contributed by atoms with Gasteiger partial charge >= 0.3 is 5.97 Å². The lowest BCUT2D eigenvalue weighted by Gasteiger charge is -2.26. The highest BCUT2D eigenvalue weighted by molar-refractivity contribution is 5.76. The van der Waals surface area contributed by atoms with Crippen molar-refractivity contribution in [1.82, 2.24) is 4.90 Å². The summed E-state index contributed by atoms with van der Waals surface area (Å²) in [5.74, 6) is -1.45. The van der Waals surface area contributed by atoms with Gasteiger partial charge in [0.2, 0.25) is 0 Å². The molecule has 104 valence electrons. The van der Waals surface area contributed by atoms with Crippen LogP contribution >= 0.6 is 0 Å². The number of nitrogens with zero attached hydrogens (tertiary/aromatic N) is 1. The molecule has 1 unspecified atom stereocenters. The number of carboxylic acids is 1. The van der Waals surface area contributed by atoms with E-state index in [1.807, 2.05) is 18.2 Å². The van der Waals surface area contributed by atoms with Gasteiger partial charge in [-0.15, -0.1) is 0 Å². The van der Waals surface area contributed by atoms with E-state index in [0.717, 1.165) is 25.2 Å². The molecular weight excluding hydrogens is 240 g/mol. The van der Waals surface area contributed by atoms with Crippen molar-refractivity contribution in [3.8, 4) is 0 Å². The van der Waals surface area contributed by atoms with E-state index >= 15 is 0 Å². The summed E-state index contributed by atoms with van der Waals surface area (Å²) >= 11 is 0. The minimum absolute atomic E-state index is 0.141. The van der Waals surface area contributed by atoms with Gasteiger partial charge in [0.1, 0.15) is 0 Å². The maximum absolute atomic E-state index is 11.1. The fourth-order valence-electron chi connectivity index (χ4n) is 2.66. The molecule has 3 N–H and O–H groups in total. The van der Waals surface area contributed by atoms with E-state index in [9.17, 15) is 4.79 Å². The van der Waals surface area contributed by atoms with Gasteiger partial charge in [-0.05, 0) is 37.1 Å². The number of likely N-dealkylation sites (tertiary alicyclic amines) is 1. The zero-order chi connectivity index (χ0) is 13.7. The first-order valence-electron chi connectivity index (χ1n) is 6.95. The minimum Gasteiger partial charge on any atom is -0.481 e. The Kier molecular flexibility index (Phi) is 4.93. The molecule has 0 aromatic heterocycles. The van der Waals surface area contributed by atoms with Crippen molar-refractivity contribution in [3.63, 3.8) is 0 Å². The Labute approximate surface area is 114 Å². The van der Waals surface area contributed by atoms with Crippen LogP contribution in [0.4, 0.5) is 0 Å². The standard InChI is InChI=1S/C15H22N2O2/c16-10-14(15(18)19)13-6-4-5-12(9-13)11-17-7-2-1-3-8-17/h4-6,9,14H,1-3,7-8,10-11,16H2,(H,18,19). The molecule has 1 aromatic carbocycles. The van der Waals surface area contributed by atoms with E-state index in [0.29, 0.717) is 0 Å². The fourth-order valence-corrected chi connectivity index (χ4v) is 2.66. The lowest BCUT2D eigenvalue weighted by Crippen LogP contribution is -2.29. The average Bonchev–Trinajstić information content (AvgIpc) is 2.41. The van der Waals surface area contributed by atoms with Crippen molar-refractivity contribution in [2.24, 2.45) is 5.73 Å². The third-order valence-electron chi connectivity index (χ3n) is 3.74. The van der Waals surface area contributed by atoms with Crippen LogP contribution in [0.3, 0.4) is 0 Å². The normalized spacial score (nSPS) is 18.2. The van der Waals surface area contributed by atoms with Crippen LogP contribution < -0.4 is 5.73 Å². The summed E-state index contributed by atoms with van der Waals surface area (Å²) in [6, 6.07) is 7.83. The highest BCUT2D eigenvalue weighted by Crippen LogP contribution is 2.19. The van der Waals surface area contributed by atoms with Gasteiger partial charge in [0.25, 0.3) is 0 Å². The molecule has 0 bridgehead atoms. The van der Waals surface area contributed by atoms with Gasteiger partial charge in [-0.3, -0.25) is 9.69 Å². The monoisotopic (exact) mass is 262 g/mol. The molecule has 0 radical (unpaired) electrons. The number of aliphatic carboxylic acids is 1. The molecule has 2 rings (SSSR count). The summed E-state index contributed by atoms with van der Waals surface area (Å²) in [6.07, 6.45) is 3.85. The first-order valence-corrected chi connectivity index (χ1v) is 6.95. The molecule has 0 aliphatic carbocycles. The van der Waals surface area contributed by atoms with Crippen molar-refractivity contribution in [3.05, 3.63) is 35.4 Å². The SMILES string of the molecule is NCC(C(=O)O)c1cccc(CN2CCCCC2)c1. The summed E-state index contributed by atoms with van der Waals surface area (Å²) in [6.45, 7) is 3.33. The van der Waals surface area contributed by atoms with Crippen molar-refractivity contribution in [2.75, 3.05) is 19.6 Å². The predicted molar refractivity (Wildman–Crippen MR) is 75.0 cm³/mol. The van der Waals surface area contributed by atoms with Crippen molar-refractivity contribution in [2.45, 2.75) is 31.7 Å². The second-order valence-corrected chi connectivity index (χ2v) is 5.21. The predicted octanol–water partition coefficient (Wildman–Crippen LogP) is 1.80. The quantitative estimate of drug-likeness (QED) is 0.849. The second kappa shape index (κ2) is 6.68. The van der Waals surface area contributed by atoms with Crippen LogP contribution in [0.1, 0.15) is 36.3 Å². The first kappa shape index (κ1) is 14.0. The summed E-state index contributed by atoms with van der Waals surface area (Å²) in [5, 5.41) is 9.15. The zero-order valence-electron chi connectivity index (χ0n) is 11.2. The van der Waals surface area contributed by atoms with E-state index in [1.165, 1.54) is 24.8 Å². The molecule has 1 aromatic rings. The number of hydrogen-bond acceptors (Lipinski definition) is 3. The summed E-state index contributed by atoms with van der Waals surface area (Å²) in [5.41, 5.74) is 7.54. The van der Waals surface area contributed by atoms with Gasteiger partial charge in [-0.25, -0.2) is 0 Å². The van der Waals surface area contributed by atoms with Crippen LogP contribution in [0.5, 0.6) is 0 Å². The number of carbonyl (C=O) groups is 1. The van der Waals surface area contributed by atoms with Crippen LogP contribution in [-0.2, 0) is 11.3 Å². The topological polar surface area (TPSA) is 66.6 Å². The largest absolute Gasteiger partial charge is 0.481 e. The second-order valence-electron chi connectivity index (χ2n) is 5.21. The van der Waals surface area contributed by atoms with E-state index in [2.05, 4.69) is 11.0 Å². The molecule has 1 aliphatic heterocycles. The molecule has 1 heterocycles. The molecule has 4 nitrogen and oxygen atoms in total. The Balaban J connectivity index is 2.07. The molecular formula is C15H22N2O2. The van der Waals surface area contributed by atoms with Crippen molar-refractivity contribution < 1.29 is 9.90 Å². The first-order chi connectivity index (χ1) is 9.20. The number of piperidine rings is 1. The molecule has 4 heteroatoms. The molecule has 1 aliphatic rings. The Morgan fingerprint density at radius 2 is 2.05 bits per heavy atom. The maximum Gasteiger partial charge on any atom is 0.312 e. The van der Waals surface area contributed by atoms with Crippen LogP contribution in [0.2, 0.25) is 0 Å². The van der Waals surface area contributed by atoms with Crippen molar-refractivity contribution >= 4 is 5.97 Å². The third-order valence-corrected chi connectivity index (χ3v) is 3.74. The summed E-state index contributed by atoms with van der Waals surface area (Å²) in [4.78, 5) is 13.6. The van der Waals surface area contributed by atoms with Gasteiger partial charge in [0.05, 0.1) is 5.92 Å². The molecule has 1 saturated heterocycles. The third kappa shape index (κ3) is 3.78. The Morgan fingerprint density at radius 3 is 2.68 bits per heavy atom. The number of hydrogen-bond donors (Lipinski definition) is 2. The van der Waals surface area contributed by atoms with E-state index in [1.54, 1.807) is 0 Å². The van der Waals surface area contributed by atoms with E-state index in [4.69, 9.17) is 10.8 Å². The van der Waals surface area contributed by atoms with Gasteiger partial charge in [0.15, 0.2) is 0 Å². The molecule has 0 amide bonds.